The average Bonchev–Trinajstić information content (AvgIpc) is 1.76. The van der Waals surface area contributed by atoms with E-state index in [4.69, 9.17) is 60.3 Å². The van der Waals surface area contributed by atoms with Gasteiger partial charge in [0.05, 0.1) is 0 Å². The van der Waals surface area contributed by atoms with Gasteiger partial charge in [0.25, 0.3) is 0 Å². The van der Waals surface area contributed by atoms with E-state index in [0.717, 1.165) is 0 Å². The average molecular weight is 508 g/mol. The van der Waals surface area contributed by atoms with Crippen molar-refractivity contribution in [2.45, 2.75) is 0 Å². The monoisotopic (exact) mass is 508 g/mol. The molecule has 28 heavy (non-hydrogen) atoms. The molecule has 0 saturated carbocycles. The Bertz CT molecular complexity index is 69.5. The van der Waals surface area contributed by atoms with Crippen LogP contribution >= 0.6 is 0 Å². The van der Waals surface area contributed by atoms with Crippen molar-refractivity contribution in [3.63, 3.8) is 0 Å². The van der Waals surface area contributed by atoms with Crippen molar-refractivity contribution >= 4 is 132 Å². The van der Waals surface area contributed by atoms with Gasteiger partial charge in [-0.15, -0.1) is 0 Å². The molecular formula is H34B4K2O22. The maximum absolute atomic E-state index is 7.17. The van der Waals surface area contributed by atoms with Gasteiger partial charge >= 0.3 is 132 Å². The second kappa shape index (κ2) is 113. The van der Waals surface area contributed by atoms with Gasteiger partial charge in [0.15, 0.2) is 0 Å². The third-order valence-electron chi connectivity index (χ3n) is 0. The van der Waals surface area contributed by atoms with E-state index >= 15 is 0 Å². The van der Waals surface area contributed by atoms with Crippen molar-refractivity contribution in [1.29, 1.82) is 0 Å². The van der Waals surface area contributed by atoms with Gasteiger partial charge in [-0.2, -0.15) is 0 Å². The topological polar surface area (TPSA) is 558 Å². The van der Waals surface area contributed by atoms with Crippen LogP contribution in [0, 0.1) is 0 Å². The molecule has 0 radical (unpaired) electrons. The molecule has 180 valence electrons. The number of rotatable bonds is 0. The van der Waals surface area contributed by atoms with Crippen molar-refractivity contribution in [3.8, 4) is 0 Å². The standard InChI is InChI=1S/4BH3O3.2K.10H2O.2H/c4*2-1(3)4;;;;;;;;;;;;;;/h4*2-4H;;;10*1H2;;. The second-order valence-corrected chi connectivity index (χ2v) is 1.39. The fourth-order valence-electron chi connectivity index (χ4n) is 0. The van der Waals surface area contributed by atoms with Crippen molar-refractivity contribution in [3.05, 3.63) is 0 Å². The Kier molecular flexibility index (Phi) is 508. The predicted molar refractivity (Wildman–Crippen MR) is 100 cm³/mol. The van der Waals surface area contributed by atoms with Gasteiger partial charge in [0, 0.05) is 0 Å². The molecule has 0 aromatic rings. The number of hydrogen-bond acceptors (Lipinski definition) is 12. The van der Waals surface area contributed by atoms with E-state index in [9.17, 15) is 0 Å². The van der Waals surface area contributed by atoms with Crippen molar-refractivity contribution in [2.75, 3.05) is 0 Å². The van der Waals surface area contributed by atoms with Crippen LogP contribution in [0.4, 0.5) is 0 Å². The molecular weight excluding hydrogens is 473 g/mol. The van der Waals surface area contributed by atoms with Crippen LogP contribution in [0.5, 0.6) is 0 Å². The molecule has 0 fully saturated rings. The molecule has 0 atom stereocenters. The van der Waals surface area contributed by atoms with Crippen LogP contribution in [0.3, 0.4) is 0 Å². The molecule has 0 aliphatic heterocycles. The Balaban J connectivity index is -0.00000000429. The first-order valence-corrected chi connectivity index (χ1v) is 3.10. The SMILES string of the molecule is O.O.O.O.O.O.O.O.O.O.OB(O)O.OB(O)O.OB(O)O.OB(O)O.[KH].[KH]. The first-order valence-electron chi connectivity index (χ1n) is 3.10. The van der Waals surface area contributed by atoms with Crippen molar-refractivity contribution in [1.82, 2.24) is 0 Å². The van der Waals surface area contributed by atoms with Crippen molar-refractivity contribution in [2.24, 2.45) is 0 Å². The summed E-state index contributed by atoms with van der Waals surface area (Å²) in [5, 5.41) is 86.0. The van der Waals surface area contributed by atoms with Crippen LogP contribution in [0.15, 0.2) is 0 Å². The van der Waals surface area contributed by atoms with Gasteiger partial charge in [-0.3, -0.25) is 0 Å². The summed E-state index contributed by atoms with van der Waals surface area (Å²) in [6, 6.07) is 0. The summed E-state index contributed by atoms with van der Waals surface area (Å²) in [6.45, 7) is 0. The maximum atomic E-state index is 7.17. The van der Waals surface area contributed by atoms with Gasteiger partial charge in [-0.05, 0) is 0 Å². The zero-order valence-corrected chi connectivity index (χ0v) is 12.7. The fraction of sp³-hybridized carbons (Fsp3) is 0. The van der Waals surface area contributed by atoms with E-state index in [1.54, 1.807) is 0 Å². The normalized spacial score (nSPS) is 3.86. The van der Waals surface area contributed by atoms with Gasteiger partial charge in [-0.25, -0.2) is 0 Å². The fourth-order valence-corrected chi connectivity index (χ4v) is 0. The second-order valence-electron chi connectivity index (χ2n) is 1.39. The van der Waals surface area contributed by atoms with E-state index in [0.29, 0.717) is 0 Å². The molecule has 22 nitrogen and oxygen atoms in total. The van der Waals surface area contributed by atoms with Gasteiger partial charge in [0.2, 0.25) is 0 Å². The Labute approximate surface area is 243 Å². The number of hydrogen-bond donors (Lipinski definition) is 12. The zero-order chi connectivity index (χ0) is 14.3. The van der Waals surface area contributed by atoms with Crippen LogP contribution in [-0.4, -0.2) is 247 Å². The van der Waals surface area contributed by atoms with Crippen LogP contribution in [-0.2, 0) is 0 Å². The molecule has 0 heterocycles. The summed E-state index contributed by atoms with van der Waals surface area (Å²) in [7, 11) is -8.67. The summed E-state index contributed by atoms with van der Waals surface area (Å²) in [5.41, 5.74) is 0. The summed E-state index contributed by atoms with van der Waals surface area (Å²) < 4.78 is 0. The molecule has 0 aromatic carbocycles. The Morgan fingerprint density at radius 1 is 0.214 bits per heavy atom. The van der Waals surface area contributed by atoms with Crippen LogP contribution in [0.2, 0.25) is 0 Å². The summed E-state index contributed by atoms with van der Waals surface area (Å²) >= 11 is 0. The van der Waals surface area contributed by atoms with Gasteiger partial charge in [0.1, 0.15) is 0 Å². The van der Waals surface area contributed by atoms with Gasteiger partial charge < -0.3 is 115 Å². The molecule has 0 aliphatic rings. The summed E-state index contributed by atoms with van der Waals surface area (Å²) in [6.07, 6.45) is 0. The molecule has 28 heteroatoms. The van der Waals surface area contributed by atoms with Crippen LogP contribution < -0.4 is 0 Å². The molecule has 0 spiro atoms. The molecule has 0 aromatic heterocycles. The van der Waals surface area contributed by atoms with Crippen LogP contribution in [0.25, 0.3) is 0 Å². The molecule has 0 bridgehead atoms. The third kappa shape index (κ3) is 3110. The first kappa shape index (κ1) is 126. The molecule has 0 rings (SSSR count). The van der Waals surface area contributed by atoms with E-state index in [1.165, 1.54) is 0 Å². The van der Waals surface area contributed by atoms with E-state index in [1.807, 2.05) is 0 Å². The molecule has 0 aliphatic carbocycles. The molecule has 0 saturated heterocycles. The molecule has 0 amide bonds. The van der Waals surface area contributed by atoms with E-state index in [2.05, 4.69) is 0 Å². The van der Waals surface area contributed by atoms with E-state index < -0.39 is 29.3 Å². The third-order valence-corrected chi connectivity index (χ3v) is 0. The first-order chi connectivity index (χ1) is 6.93. The van der Waals surface area contributed by atoms with Crippen LogP contribution in [0.1, 0.15) is 0 Å². The Morgan fingerprint density at radius 2 is 0.214 bits per heavy atom. The summed E-state index contributed by atoms with van der Waals surface area (Å²) in [4.78, 5) is 0. The minimum atomic E-state index is -2.17. The summed E-state index contributed by atoms with van der Waals surface area (Å²) in [5.74, 6) is 0. The molecule has 32 N–H and O–H groups in total. The minimum absolute atomic E-state index is 0. The Morgan fingerprint density at radius 3 is 0.214 bits per heavy atom. The van der Waals surface area contributed by atoms with Crippen molar-refractivity contribution < 1.29 is 115 Å². The van der Waals surface area contributed by atoms with Gasteiger partial charge in [-0.1, -0.05) is 0 Å². The molecule has 0 unspecified atom stereocenters. The zero-order valence-electron chi connectivity index (χ0n) is 12.7. The predicted octanol–water partition coefficient (Wildman–Crippen LogP) is -17.8. The van der Waals surface area contributed by atoms with E-state index in [-0.39, 0.29) is 158 Å². The quantitative estimate of drug-likeness (QED) is 0.136. The Hall–Kier alpha value is 2.65.